The summed E-state index contributed by atoms with van der Waals surface area (Å²) in [5, 5.41) is 9.01. The van der Waals surface area contributed by atoms with Gasteiger partial charge in [0.15, 0.2) is 11.5 Å². The summed E-state index contributed by atoms with van der Waals surface area (Å²) in [6, 6.07) is 4.56. The lowest BCUT2D eigenvalue weighted by molar-refractivity contribution is 0.0696. The van der Waals surface area contributed by atoms with Gasteiger partial charge in [0.1, 0.15) is 12.4 Å². The maximum absolute atomic E-state index is 11.0. The van der Waals surface area contributed by atoms with E-state index in [4.69, 9.17) is 14.6 Å². The molecule has 112 valence electrons. The van der Waals surface area contributed by atoms with E-state index in [1.165, 1.54) is 12.1 Å². The molecule has 1 aromatic carbocycles. The van der Waals surface area contributed by atoms with E-state index in [-0.39, 0.29) is 5.56 Å². The van der Waals surface area contributed by atoms with Crippen LogP contribution in [0.1, 0.15) is 30.0 Å². The standard InChI is InChI=1S/C15H18N2O4/c1-3-17-8-7-16-14(17)10-21-12-6-5-11(15(18)19)9-13(12)20-4-2/h5-9H,3-4,10H2,1-2H3,(H,18,19). The molecule has 0 radical (unpaired) electrons. The zero-order chi connectivity index (χ0) is 15.2. The average molecular weight is 290 g/mol. The van der Waals surface area contributed by atoms with Crippen LogP contribution in [0.3, 0.4) is 0 Å². The summed E-state index contributed by atoms with van der Waals surface area (Å²) in [5.41, 5.74) is 0.167. The molecular weight excluding hydrogens is 272 g/mol. The summed E-state index contributed by atoms with van der Waals surface area (Å²) in [6.45, 7) is 5.41. The van der Waals surface area contributed by atoms with Gasteiger partial charge in [-0.25, -0.2) is 9.78 Å². The largest absolute Gasteiger partial charge is 0.490 e. The van der Waals surface area contributed by atoms with Crippen molar-refractivity contribution in [2.24, 2.45) is 0 Å². The number of rotatable bonds is 7. The monoisotopic (exact) mass is 290 g/mol. The number of aromatic carboxylic acids is 1. The number of carboxylic acids is 1. The number of nitrogens with zero attached hydrogens (tertiary/aromatic N) is 2. The molecular formula is C15H18N2O4. The van der Waals surface area contributed by atoms with Gasteiger partial charge in [0.05, 0.1) is 12.2 Å². The smallest absolute Gasteiger partial charge is 0.335 e. The third kappa shape index (κ3) is 3.53. The molecule has 6 heteroatoms. The molecule has 2 aromatic rings. The van der Waals surface area contributed by atoms with Crippen molar-refractivity contribution in [1.29, 1.82) is 0 Å². The number of hydrogen-bond acceptors (Lipinski definition) is 4. The van der Waals surface area contributed by atoms with Crippen LogP contribution in [0.4, 0.5) is 0 Å². The number of aromatic nitrogens is 2. The van der Waals surface area contributed by atoms with Crippen LogP contribution in [0.5, 0.6) is 11.5 Å². The zero-order valence-corrected chi connectivity index (χ0v) is 12.1. The Morgan fingerprint density at radius 2 is 2.10 bits per heavy atom. The Hall–Kier alpha value is -2.50. The van der Waals surface area contributed by atoms with Crippen LogP contribution < -0.4 is 9.47 Å². The molecule has 0 aliphatic carbocycles. The molecule has 0 bridgehead atoms. The third-order valence-electron chi connectivity index (χ3n) is 2.99. The van der Waals surface area contributed by atoms with Crippen molar-refractivity contribution in [1.82, 2.24) is 9.55 Å². The van der Waals surface area contributed by atoms with Crippen LogP contribution in [0.25, 0.3) is 0 Å². The summed E-state index contributed by atoms with van der Waals surface area (Å²) in [4.78, 5) is 15.2. The average Bonchev–Trinajstić information content (AvgIpc) is 2.93. The van der Waals surface area contributed by atoms with Crippen molar-refractivity contribution in [2.45, 2.75) is 27.0 Å². The Bertz CT molecular complexity index is 622. The molecule has 0 amide bonds. The Morgan fingerprint density at radius 1 is 1.29 bits per heavy atom. The Morgan fingerprint density at radius 3 is 2.76 bits per heavy atom. The Kier molecular flexibility index (Phi) is 4.81. The molecule has 0 saturated heterocycles. The Labute approximate surface area is 122 Å². The zero-order valence-electron chi connectivity index (χ0n) is 12.1. The summed E-state index contributed by atoms with van der Waals surface area (Å²) in [6.07, 6.45) is 3.61. The van der Waals surface area contributed by atoms with Crippen molar-refractivity contribution in [3.8, 4) is 11.5 Å². The lowest BCUT2D eigenvalue weighted by Crippen LogP contribution is -2.07. The van der Waals surface area contributed by atoms with Crippen molar-refractivity contribution < 1.29 is 19.4 Å². The minimum absolute atomic E-state index is 0.167. The number of imidazole rings is 1. The number of ether oxygens (including phenoxy) is 2. The van der Waals surface area contributed by atoms with Gasteiger partial charge in [0.2, 0.25) is 0 Å². The quantitative estimate of drug-likeness (QED) is 0.848. The highest BCUT2D eigenvalue weighted by Gasteiger charge is 2.11. The molecule has 0 fully saturated rings. The van der Waals surface area contributed by atoms with Crippen LogP contribution >= 0.6 is 0 Å². The fourth-order valence-electron chi connectivity index (χ4n) is 1.94. The van der Waals surface area contributed by atoms with Gasteiger partial charge in [-0.2, -0.15) is 0 Å². The van der Waals surface area contributed by atoms with Crippen molar-refractivity contribution in [3.05, 3.63) is 42.0 Å². The molecule has 1 aromatic heterocycles. The van der Waals surface area contributed by atoms with Gasteiger partial charge in [-0.1, -0.05) is 0 Å². The van der Waals surface area contributed by atoms with Gasteiger partial charge in [-0.05, 0) is 32.0 Å². The van der Waals surface area contributed by atoms with Crippen LogP contribution in [-0.2, 0) is 13.2 Å². The molecule has 21 heavy (non-hydrogen) atoms. The van der Waals surface area contributed by atoms with E-state index in [1.807, 2.05) is 24.6 Å². The molecule has 0 saturated carbocycles. The topological polar surface area (TPSA) is 73.6 Å². The number of carboxylic acid groups (broad SMARTS) is 1. The predicted octanol–water partition coefficient (Wildman–Crippen LogP) is 2.58. The lowest BCUT2D eigenvalue weighted by atomic mass is 10.2. The fraction of sp³-hybridized carbons (Fsp3) is 0.333. The lowest BCUT2D eigenvalue weighted by Gasteiger charge is -2.13. The van der Waals surface area contributed by atoms with Crippen LogP contribution in [-0.4, -0.2) is 27.2 Å². The van der Waals surface area contributed by atoms with Crippen LogP contribution in [0.2, 0.25) is 0 Å². The van der Waals surface area contributed by atoms with Crippen molar-refractivity contribution >= 4 is 5.97 Å². The molecule has 6 nitrogen and oxygen atoms in total. The maximum Gasteiger partial charge on any atom is 0.335 e. The second-order valence-corrected chi connectivity index (χ2v) is 4.32. The van der Waals surface area contributed by atoms with Gasteiger partial charge in [0.25, 0.3) is 0 Å². The molecule has 0 unspecified atom stereocenters. The van der Waals surface area contributed by atoms with E-state index in [1.54, 1.807) is 12.3 Å². The number of benzene rings is 1. The van der Waals surface area contributed by atoms with Gasteiger partial charge < -0.3 is 19.1 Å². The molecule has 0 aliphatic rings. The molecule has 0 atom stereocenters. The summed E-state index contributed by atoms with van der Waals surface area (Å²) in [5.74, 6) is 0.741. The Balaban J connectivity index is 2.17. The van der Waals surface area contributed by atoms with E-state index in [2.05, 4.69) is 4.98 Å². The first-order valence-corrected chi connectivity index (χ1v) is 6.78. The van der Waals surface area contributed by atoms with Gasteiger partial charge >= 0.3 is 5.97 Å². The molecule has 2 rings (SSSR count). The van der Waals surface area contributed by atoms with Crippen molar-refractivity contribution in [2.75, 3.05) is 6.61 Å². The summed E-state index contributed by atoms with van der Waals surface area (Å²) < 4.78 is 13.1. The third-order valence-corrected chi connectivity index (χ3v) is 2.99. The predicted molar refractivity (Wildman–Crippen MR) is 76.8 cm³/mol. The first-order chi connectivity index (χ1) is 10.2. The van der Waals surface area contributed by atoms with E-state index in [0.29, 0.717) is 24.7 Å². The van der Waals surface area contributed by atoms with E-state index in [0.717, 1.165) is 12.4 Å². The minimum Gasteiger partial charge on any atom is -0.490 e. The number of hydrogen-bond donors (Lipinski definition) is 1. The summed E-state index contributed by atoms with van der Waals surface area (Å²) >= 11 is 0. The highest BCUT2D eigenvalue weighted by molar-refractivity contribution is 5.88. The SMILES string of the molecule is CCOc1cc(C(=O)O)ccc1OCc1nccn1CC. The van der Waals surface area contributed by atoms with Gasteiger partial charge in [-0.15, -0.1) is 0 Å². The molecule has 0 aliphatic heterocycles. The minimum atomic E-state index is -0.996. The van der Waals surface area contributed by atoms with E-state index in [9.17, 15) is 4.79 Å². The molecule has 0 spiro atoms. The fourth-order valence-corrected chi connectivity index (χ4v) is 1.94. The van der Waals surface area contributed by atoms with Crippen LogP contribution in [0, 0.1) is 0 Å². The second kappa shape index (κ2) is 6.78. The summed E-state index contributed by atoms with van der Waals surface area (Å²) in [7, 11) is 0. The highest BCUT2D eigenvalue weighted by Crippen LogP contribution is 2.29. The first-order valence-electron chi connectivity index (χ1n) is 6.78. The number of aryl methyl sites for hydroxylation is 1. The van der Waals surface area contributed by atoms with Gasteiger partial charge in [0, 0.05) is 18.9 Å². The second-order valence-electron chi connectivity index (χ2n) is 4.32. The molecule has 1 N–H and O–H groups in total. The normalized spacial score (nSPS) is 10.4. The molecule has 1 heterocycles. The highest BCUT2D eigenvalue weighted by atomic mass is 16.5. The maximum atomic E-state index is 11.0. The van der Waals surface area contributed by atoms with E-state index >= 15 is 0 Å². The first kappa shape index (κ1) is 14.9. The van der Waals surface area contributed by atoms with Crippen molar-refractivity contribution in [3.63, 3.8) is 0 Å². The van der Waals surface area contributed by atoms with E-state index < -0.39 is 5.97 Å². The van der Waals surface area contributed by atoms with Gasteiger partial charge in [-0.3, -0.25) is 0 Å². The van der Waals surface area contributed by atoms with Crippen LogP contribution in [0.15, 0.2) is 30.6 Å². The number of carbonyl (C=O) groups is 1.